The number of anilines is 1. The smallest absolute Gasteiger partial charge is 0.163 e. The Labute approximate surface area is 115 Å². The van der Waals surface area contributed by atoms with Crippen LogP contribution in [0, 0.1) is 0 Å². The van der Waals surface area contributed by atoms with E-state index in [0.717, 1.165) is 37.7 Å². The van der Waals surface area contributed by atoms with E-state index in [1.54, 1.807) is 0 Å². The molecule has 0 atom stereocenters. The Morgan fingerprint density at radius 2 is 1.84 bits per heavy atom. The molecular formula is C15H24N2O2. The van der Waals surface area contributed by atoms with Crippen LogP contribution in [0.4, 0.5) is 5.69 Å². The minimum atomic E-state index is 0.658. The summed E-state index contributed by atoms with van der Waals surface area (Å²) in [6, 6.07) is 6.24. The standard InChI is InChI=1S/C15H24N2O2/c1-3-18-14-7-6-13(12-15(14)19-4-2)17-10-5-8-16-9-11-17/h6-7,12,16H,3-5,8-11H2,1-2H3. The zero-order chi connectivity index (χ0) is 13.5. The second kappa shape index (κ2) is 7.24. The molecule has 0 aliphatic carbocycles. The van der Waals surface area contributed by atoms with E-state index in [1.165, 1.54) is 12.1 Å². The van der Waals surface area contributed by atoms with Gasteiger partial charge >= 0.3 is 0 Å². The maximum Gasteiger partial charge on any atom is 0.163 e. The van der Waals surface area contributed by atoms with Crippen molar-refractivity contribution in [2.24, 2.45) is 0 Å². The first-order valence-electron chi connectivity index (χ1n) is 7.20. The highest BCUT2D eigenvalue weighted by Gasteiger charge is 2.12. The van der Waals surface area contributed by atoms with Crippen molar-refractivity contribution in [2.45, 2.75) is 20.3 Å². The van der Waals surface area contributed by atoms with Gasteiger partial charge in [0, 0.05) is 31.4 Å². The fourth-order valence-electron chi connectivity index (χ4n) is 2.34. The molecule has 1 fully saturated rings. The second-order valence-corrected chi connectivity index (χ2v) is 4.59. The third-order valence-electron chi connectivity index (χ3n) is 3.23. The molecule has 1 aliphatic rings. The first-order valence-corrected chi connectivity index (χ1v) is 7.20. The predicted molar refractivity (Wildman–Crippen MR) is 78.5 cm³/mol. The van der Waals surface area contributed by atoms with E-state index in [2.05, 4.69) is 22.3 Å². The number of ether oxygens (including phenoxy) is 2. The number of rotatable bonds is 5. The van der Waals surface area contributed by atoms with Crippen LogP contribution in [0.1, 0.15) is 20.3 Å². The molecule has 1 aromatic carbocycles. The van der Waals surface area contributed by atoms with Gasteiger partial charge in [0.1, 0.15) is 0 Å². The molecule has 106 valence electrons. The number of nitrogens with zero attached hydrogens (tertiary/aromatic N) is 1. The zero-order valence-electron chi connectivity index (χ0n) is 11.9. The molecule has 4 nitrogen and oxygen atoms in total. The van der Waals surface area contributed by atoms with Crippen molar-refractivity contribution in [3.05, 3.63) is 18.2 Å². The number of hydrogen-bond acceptors (Lipinski definition) is 4. The van der Waals surface area contributed by atoms with E-state index < -0.39 is 0 Å². The minimum Gasteiger partial charge on any atom is -0.490 e. The number of nitrogens with one attached hydrogen (secondary N) is 1. The van der Waals surface area contributed by atoms with Gasteiger partial charge in [0.15, 0.2) is 11.5 Å². The van der Waals surface area contributed by atoms with E-state index >= 15 is 0 Å². The summed E-state index contributed by atoms with van der Waals surface area (Å²) in [6.45, 7) is 9.58. The first kappa shape index (κ1) is 14.0. The Morgan fingerprint density at radius 1 is 1.05 bits per heavy atom. The summed E-state index contributed by atoms with van der Waals surface area (Å²) in [5.41, 5.74) is 1.22. The van der Waals surface area contributed by atoms with Gasteiger partial charge in [-0.25, -0.2) is 0 Å². The summed E-state index contributed by atoms with van der Waals surface area (Å²) >= 11 is 0. The Bertz CT molecular complexity index is 388. The molecule has 0 bridgehead atoms. The maximum absolute atomic E-state index is 5.68. The number of benzene rings is 1. The van der Waals surface area contributed by atoms with Gasteiger partial charge in [-0.1, -0.05) is 0 Å². The van der Waals surface area contributed by atoms with Crippen LogP contribution >= 0.6 is 0 Å². The summed E-state index contributed by atoms with van der Waals surface area (Å²) < 4.78 is 11.3. The summed E-state index contributed by atoms with van der Waals surface area (Å²) in [4.78, 5) is 2.40. The molecule has 0 unspecified atom stereocenters. The summed E-state index contributed by atoms with van der Waals surface area (Å²) in [5, 5.41) is 3.42. The van der Waals surface area contributed by atoms with Crippen molar-refractivity contribution in [1.82, 2.24) is 5.32 Å². The van der Waals surface area contributed by atoms with Gasteiger partial charge in [-0.05, 0) is 38.9 Å². The normalized spacial score (nSPS) is 16.0. The van der Waals surface area contributed by atoms with Crippen molar-refractivity contribution in [2.75, 3.05) is 44.3 Å². The molecule has 1 heterocycles. The molecule has 1 aromatic rings. The molecule has 0 radical (unpaired) electrons. The van der Waals surface area contributed by atoms with Crippen LogP contribution in [0.25, 0.3) is 0 Å². The van der Waals surface area contributed by atoms with E-state index in [1.807, 2.05) is 19.9 Å². The van der Waals surface area contributed by atoms with Crippen molar-refractivity contribution < 1.29 is 9.47 Å². The van der Waals surface area contributed by atoms with Gasteiger partial charge in [0.05, 0.1) is 13.2 Å². The van der Waals surface area contributed by atoms with E-state index in [9.17, 15) is 0 Å². The van der Waals surface area contributed by atoms with Gasteiger partial charge in [-0.2, -0.15) is 0 Å². The van der Waals surface area contributed by atoms with Crippen LogP contribution in [0.2, 0.25) is 0 Å². The average Bonchev–Trinajstić information content (AvgIpc) is 2.70. The molecule has 0 amide bonds. The van der Waals surface area contributed by atoms with E-state index in [0.29, 0.717) is 13.2 Å². The van der Waals surface area contributed by atoms with Gasteiger partial charge in [0.25, 0.3) is 0 Å². The first-order chi connectivity index (χ1) is 9.35. The molecule has 19 heavy (non-hydrogen) atoms. The van der Waals surface area contributed by atoms with Crippen LogP contribution in [0.3, 0.4) is 0 Å². The Morgan fingerprint density at radius 3 is 2.63 bits per heavy atom. The molecular weight excluding hydrogens is 240 g/mol. The van der Waals surface area contributed by atoms with Gasteiger partial charge in [-0.3, -0.25) is 0 Å². The lowest BCUT2D eigenvalue weighted by Crippen LogP contribution is -2.27. The average molecular weight is 264 g/mol. The van der Waals surface area contributed by atoms with Crippen molar-refractivity contribution in [3.8, 4) is 11.5 Å². The van der Waals surface area contributed by atoms with Gasteiger partial charge < -0.3 is 19.7 Å². The van der Waals surface area contributed by atoms with Crippen molar-refractivity contribution in [1.29, 1.82) is 0 Å². The second-order valence-electron chi connectivity index (χ2n) is 4.59. The maximum atomic E-state index is 5.68. The molecule has 0 spiro atoms. The van der Waals surface area contributed by atoms with Crippen LogP contribution < -0.4 is 19.7 Å². The summed E-state index contributed by atoms with van der Waals surface area (Å²) in [6.07, 6.45) is 1.18. The van der Waals surface area contributed by atoms with E-state index in [-0.39, 0.29) is 0 Å². The zero-order valence-corrected chi connectivity index (χ0v) is 11.9. The lowest BCUT2D eigenvalue weighted by Gasteiger charge is -2.23. The molecule has 0 aromatic heterocycles. The highest BCUT2D eigenvalue weighted by molar-refractivity contribution is 5.56. The summed E-state index contributed by atoms with van der Waals surface area (Å²) in [7, 11) is 0. The van der Waals surface area contributed by atoms with Crippen LogP contribution in [-0.2, 0) is 0 Å². The summed E-state index contributed by atoms with van der Waals surface area (Å²) in [5.74, 6) is 1.68. The van der Waals surface area contributed by atoms with Crippen LogP contribution in [0.5, 0.6) is 11.5 Å². The SMILES string of the molecule is CCOc1ccc(N2CCCNCC2)cc1OCC. The third kappa shape index (κ3) is 3.77. The lowest BCUT2D eigenvalue weighted by molar-refractivity contribution is 0.288. The molecule has 4 heteroatoms. The third-order valence-corrected chi connectivity index (χ3v) is 3.23. The van der Waals surface area contributed by atoms with Crippen molar-refractivity contribution in [3.63, 3.8) is 0 Å². The van der Waals surface area contributed by atoms with Gasteiger partial charge in [-0.15, -0.1) is 0 Å². The van der Waals surface area contributed by atoms with Crippen molar-refractivity contribution >= 4 is 5.69 Å². The molecule has 1 N–H and O–H groups in total. The Balaban J connectivity index is 2.18. The molecule has 1 saturated heterocycles. The molecule has 1 aliphatic heterocycles. The highest BCUT2D eigenvalue weighted by Crippen LogP contribution is 2.32. The largest absolute Gasteiger partial charge is 0.490 e. The monoisotopic (exact) mass is 264 g/mol. The Kier molecular flexibility index (Phi) is 5.33. The quantitative estimate of drug-likeness (QED) is 0.884. The van der Waals surface area contributed by atoms with E-state index in [4.69, 9.17) is 9.47 Å². The van der Waals surface area contributed by atoms with Gasteiger partial charge in [0.2, 0.25) is 0 Å². The Hall–Kier alpha value is -1.42. The lowest BCUT2D eigenvalue weighted by atomic mass is 10.2. The fourth-order valence-corrected chi connectivity index (χ4v) is 2.34. The molecule has 2 rings (SSSR count). The van der Waals surface area contributed by atoms with Crippen LogP contribution in [-0.4, -0.2) is 39.4 Å². The molecule has 0 saturated carbocycles. The highest BCUT2D eigenvalue weighted by atomic mass is 16.5. The number of hydrogen-bond donors (Lipinski definition) is 1. The van der Waals surface area contributed by atoms with Crippen LogP contribution in [0.15, 0.2) is 18.2 Å². The topological polar surface area (TPSA) is 33.7 Å². The minimum absolute atomic E-state index is 0.658. The predicted octanol–water partition coefficient (Wildman–Crippen LogP) is 2.28. The fraction of sp³-hybridized carbons (Fsp3) is 0.600.